The molecule has 2 heterocycles. The molecule has 0 unspecified atom stereocenters. The lowest BCUT2D eigenvalue weighted by Crippen LogP contribution is -2.26. The summed E-state index contributed by atoms with van der Waals surface area (Å²) in [4.78, 5) is 41.6. The lowest BCUT2D eigenvalue weighted by molar-refractivity contribution is -0.384. The average molecular weight is 524 g/mol. The van der Waals surface area contributed by atoms with E-state index in [-0.39, 0.29) is 23.2 Å². The quantitative estimate of drug-likeness (QED) is 0.303. The van der Waals surface area contributed by atoms with Crippen LogP contribution in [0.4, 0.5) is 5.69 Å². The summed E-state index contributed by atoms with van der Waals surface area (Å²) in [6.07, 6.45) is 7.81. The van der Waals surface area contributed by atoms with Crippen LogP contribution >= 0.6 is 11.6 Å². The Morgan fingerprint density at radius 2 is 1.41 bits per heavy atom. The number of rotatable bonds is 9. The van der Waals surface area contributed by atoms with Crippen LogP contribution in [-0.2, 0) is 0 Å². The Morgan fingerprint density at radius 3 is 1.92 bits per heavy atom. The fraction of sp³-hybridized carbons (Fsp3) is 0.308. The first-order valence-electron chi connectivity index (χ1n) is 11.9. The van der Waals surface area contributed by atoms with E-state index in [2.05, 4.69) is 20.6 Å². The number of carbonyl (C=O) groups is 2. The molecule has 2 aliphatic carbocycles. The van der Waals surface area contributed by atoms with Gasteiger partial charge in [-0.25, -0.2) is 0 Å². The van der Waals surface area contributed by atoms with Gasteiger partial charge in [-0.3, -0.25) is 29.7 Å². The molecular weight excluding hydrogens is 498 g/mol. The summed E-state index contributed by atoms with van der Waals surface area (Å²) in [7, 11) is 0. The van der Waals surface area contributed by atoms with Gasteiger partial charge < -0.3 is 15.4 Å². The van der Waals surface area contributed by atoms with Crippen molar-refractivity contribution in [3.63, 3.8) is 0 Å². The van der Waals surface area contributed by atoms with Crippen LogP contribution in [0.3, 0.4) is 0 Å². The number of nitro benzene ring substituents is 1. The third-order valence-corrected chi connectivity index (χ3v) is 5.93. The van der Waals surface area contributed by atoms with Crippen molar-refractivity contribution in [3.05, 3.63) is 87.4 Å². The van der Waals surface area contributed by atoms with Crippen LogP contribution in [0.15, 0.2) is 60.9 Å². The third-order valence-electron chi connectivity index (χ3n) is 5.70. The van der Waals surface area contributed by atoms with E-state index in [1.807, 2.05) is 0 Å². The molecule has 10 nitrogen and oxygen atoms in total. The molecule has 0 atom stereocenters. The van der Waals surface area contributed by atoms with Crippen molar-refractivity contribution in [1.29, 1.82) is 0 Å². The highest BCUT2D eigenvalue weighted by atomic mass is 35.5. The zero-order valence-electron chi connectivity index (χ0n) is 19.9. The van der Waals surface area contributed by atoms with Gasteiger partial charge in [0.1, 0.15) is 22.9 Å². The first-order valence-corrected chi connectivity index (χ1v) is 12.3. The van der Waals surface area contributed by atoms with Gasteiger partial charge in [0.15, 0.2) is 0 Å². The second kappa shape index (κ2) is 12.3. The van der Waals surface area contributed by atoms with E-state index >= 15 is 0 Å². The number of aromatic nitrogens is 2. The number of amides is 2. The molecule has 2 saturated carbocycles. The molecule has 2 aliphatic rings. The summed E-state index contributed by atoms with van der Waals surface area (Å²) in [5.41, 5.74) is 0.662. The van der Waals surface area contributed by atoms with Crippen LogP contribution in [0, 0.1) is 22.0 Å². The van der Waals surface area contributed by atoms with Crippen LogP contribution in [0.25, 0.3) is 0 Å². The van der Waals surface area contributed by atoms with Gasteiger partial charge in [0, 0.05) is 48.7 Å². The molecule has 2 fully saturated rings. The van der Waals surface area contributed by atoms with Crippen molar-refractivity contribution in [2.75, 3.05) is 13.1 Å². The Bertz CT molecular complexity index is 1260. The zero-order chi connectivity index (χ0) is 26.2. The summed E-state index contributed by atoms with van der Waals surface area (Å²) in [5, 5.41) is 16.8. The maximum absolute atomic E-state index is 12.0. The highest BCUT2D eigenvalue weighted by Gasteiger charge is 2.23. The van der Waals surface area contributed by atoms with Gasteiger partial charge in [-0.15, -0.1) is 0 Å². The fourth-order valence-electron chi connectivity index (χ4n) is 3.20. The van der Waals surface area contributed by atoms with Gasteiger partial charge in [-0.1, -0.05) is 11.6 Å². The maximum Gasteiger partial charge on any atom is 0.270 e. The Labute approximate surface area is 218 Å². The number of nitro groups is 1. The molecule has 5 rings (SSSR count). The van der Waals surface area contributed by atoms with Gasteiger partial charge in [-0.2, -0.15) is 0 Å². The number of carbonyl (C=O) groups excluding carboxylic acids is 2. The standard InChI is InChI=1S/C16H15N3O4.C10H11ClN2O/c20-16(18-10-11-1-2-11)15-9-14(7-8-17-15)23-13-5-3-12(4-6-13)19(21)22;11-8-3-4-12-9(5-8)10(14)13-6-7-1-2-7/h3-9,11H,1-2,10H2,(H,18,20);3-5,7H,1-2,6H2,(H,13,14). The second-order valence-corrected chi connectivity index (χ2v) is 9.33. The minimum absolute atomic E-state index is 0.00720. The Kier molecular flexibility index (Phi) is 8.63. The Morgan fingerprint density at radius 1 is 0.865 bits per heavy atom. The maximum atomic E-state index is 12.0. The minimum atomic E-state index is -0.474. The van der Waals surface area contributed by atoms with Crippen LogP contribution in [0.1, 0.15) is 46.7 Å². The molecule has 0 aliphatic heterocycles. The van der Waals surface area contributed by atoms with E-state index in [0.29, 0.717) is 40.6 Å². The molecule has 2 N–H and O–H groups in total. The predicted molar refractivity (Wildman–Crippen MR) is 137 cm³/mol. The van der Waals surface area contributed by atoms with Crippen molar-refractivity contribution in [3.8, 4) is 11.5 Å². The SMILES string of the molecule is O=C(NCC1CC1)c1cc(Cl)ccn1.O=C(NCC1CC1)c1cc(Oc2ccc([N+](=O)[O-])cc2)ccn1. The molecule has 0 bridgehead atoms. The van der Waals surface area contributed by atoms with Gasteiger partial charge >= 0.3 is 0 Å². The molecule has 11 heteroatoms. The fourth-order valence-corrected chi connectivity index (χ4v) is 3.36. The van der Waals surface area contributed by atoms with Crippen LogP contribution < -0.4 is 15.4 Å². The number of ether oxygens (including phenoxy) is 1. The first kappa shape index (κ1) is 26.0. The van der Waals surface area contributed by atoms with Crippen molar-refractivity contribution in [2.24, 2.45) is 11.8 Å². The van der Waals surface area contributed by atoms with E-state index in [0.717, 1.165) is 19.4 Å². The summed E-state index contributed by atoms with van der Waals surface area (Å²) in [6, 6.07) is 12.1. The number of hydrogen-bond donors (Lipinski definition) is 2. The van der Waals surface area contributed by atoms with E-state index in [1.54, 1.807) is 24.3 Å². The molecule has 1 aromatic carbocycles. The molecule has 2 aromatic heterocycles. The lowest BCUT2D eigenvalue weighted by Gasteiger charge is -2.07. The second-order valence-electron chi connectivity index (χ2n) is 8.90. The van der Waals surface area contributed by atoms with Crippen molar-refractivity contribution in [2.45, 2.75) is 25.7 Å². The highest BCUT2D eigenvalue weighted by molar-refractivity contribution is 6.30. The van der Waals surface area contributed by atoms with E-state index < -0.39 is 4.92 Å². The number of nitrogens with zero attached hydrogens (tertiary/aromatic N) is 3. The van der Waals surface area contributed by atoms with Crippen LogP contribution in [-0.4, -0.2) is 39.8 Å². The summed E-state index contributed by atoms with van der Waals surface area (Å²) in [5.74, 6) is 1.80. The van der Waals surface area contributed by atoms with Crippen molar-refractivity contribution < 1.29 is 19.2 Å². The molecule has 0 radical (unpaired) electrons. The van der Waals surface area contributed by atoms with Gasteiger partial charge in [0.05, 0.1) is 4.92 Å². The Balaban J connectivity index is 0.000000195. The number of pyridine rings is 2. The summed E-state index contributed by atoms with van der Waals surface area (Å²) >= 11 is 5.74. The third kappa shape index (κ3) is 8.53. The summed E-state index contributed by atoms with van der Waals surface area (Å²) < 4.78 is 5.60. The van der Waals surface area contributed by atoms with E-state index in [4.69, 9.17) is 16.3 Å². The predicted octanol–water partition coefficient (Wildman–Crippen LogP) is 4.80. The van der Waals surface area contributed by atoms with E-state index in [1.165, 1.54) is 49.5 Å². The summed E-state index contributed by atoms with van der Waals surface area (Å²) in [6.45, 7) is 1.43. The highest BCUT2D eigenvalue weighted by Crippen LogP contribution is 2.28. The average Bonchev–Trinajstić information content (AvgIpc) is 3.82. The van der Waals surface area contributed by atoms with Crippen molar-refractivity contribution >= 4 is 29.1 Å². The van der Waals surface area contributed by atoms with Crippen LogP contribution in [0.2, 0.25) is 5.02 Å². The number of hydrogen-bond acceptors (Lipinski definition) is 7. The lowest BCUT2D eigenvalue weighted by atomic mass is 10.3. The number of benzene rings is 1. The number of non-ortho nitro benzene ring substituents is 1. The molecule has 3 aromatic rings. The molecule has 0 spiro atoms. The molecular formula is C26H26ClN5O5. The van der Waals surface area contributed by atoms with Gasteiger partial charge in [-0.05, 0) is 67.9 Å². The van der Waals surface area contributed by atoms with E-state index in [9.17, 15) is 19.7 Å². The smallest absolute Gasteiger partial charge is 0.270 e. The normalized spacial score (nSPS) is 14.1. The zero-order valence-corrected chi connectivity index (χ0v) is 20.7. The molecule has 2 amide bonds. The molecule has 37 heavy (non-hydrogen) atoms. The number of nitrogens with one attached hydrogen (secondary N) is 2. The van der Waals surface area contributed by atoms with Gasteiger partial charge in [0.25, 0.3) is 17.5 Å². The molecule has 0 saturated heterocycles. The van der Waals surface area contributed by atoms with Crippen molar-refractivity contribution in [1.82, 2.24) is 20.6 Å². The van der Waals surface area contributed by atoms with Gasteiger partial charge in [0.2, 0.25) is 0 Å². The largest absolute Gasteiger partial charge is 0.457 e. The topological polar surface area (TPSA) is 136 Å². The monoisotopic (exact) mass is 523 g/mol. The van der Waals surface area contributed by atoms with Crippen LogP contribution in [0.5, 0.6) is 11.5 Å². The number of halogens is 1. The minimum Gasteiger partial charge on any atom is -0.457 e. The molecule has 192 valence electrons. The first-order chi connectivity index (χ1) is 17.9. The Hall–Kier alpha value is -4.05.